The van der Waals surface area contributed by atoms with Crippen molar-refractivity contribution < 1.29 is 14.3 Å². The van der Waals surface area contributed by atoms with Crippen LogP contribution in [0.25, 0.3) is 0 Å². The molecule has 3 fully saturated rings. The summed E-state index contributed by atoms with van der Waals surface area (Å²) in [6.45, 7) is 8.59. The number of carbonyl (C=O) groups excluding carboxylic acids is 2. The first-order valence-electron chi connectivity index (χ1n) is 13.1. The standard InChI is InChI=1S/C27H37N5O3S/c1-4-19-12-20(31-14-27(15-31)16-35-17-27)8-9-22(19)28-26(34)24-21(5-2)30-32(11-10-18-6-7-18)25(24)29-23(33)13-36-3/h8-9,12,18H,4-7,10-11,13-17H2,1-3H3,(H,28,34)(H,29,33). The summed E-state index contributed by atoms with van der Waals surface area (Å²) in [6, 6.07) is 6.27. The topological polar surface area (TPSA) is 88.5 Å². The third-order valence-electron chi connectivity index (χ3n) is 7.52. The van der Waals surface area contributed by atoms with Crippen molar-refractivity contribution in [3.05, 3.63) is 35.0 Å². The minimum absolute atomic E-state index is 0.116. The average molecular weight is 512 g/mol. The Bertz CT molecular complexity index is 1130. The summed E-state index contributed by atoms with van der Waals surface area (Å²) in [5.74, 6) is 1.25. The monoisotopic (exact) mass is 511 g/mol. The molecule has 2 amide bonds. The molecule has 1 aromatic heterocycles. The van der Waals surface area contributed by atoms with Crippen molar-refractivity contribution in [2.24, 2.45) is 11.3 Å². The molecular weight excluding hydrogens is 474 g/mol. The number of aromatic nitrogens is 2. The Morgan fingerprint density at radius 1 is 1.17 bits per heavy atom. The van der Waals surface area contributed by atoms with E-state index in [2.05, 4.69) is 34.6 Å². The predicted molar refractivity (Wildman–Crippen MR) is 145 cm³/mol. The Balaban J connectivity index is 1.37. The van der Waals surface area contributed by atoms with Crippen molar-refractivity contribution in [1.82, 2.24) is 9.78 Å². The number of amides is 2. The zero-order valence-electron chi connectivity index (χ0n) is 21.6. The highest BCUT2D eigenvalue weighted by molar-refractivity contribution is 7.99. The second-order valence-electron chi connectivity index (χ2n) is 10.5. The van der Waals surface area contributed by atoms with Gasteiger partial charge in [-0.1, -0.05) is 26.7 Å². The smallest absolute Gasteiger partial charge is 0.261 e. The number of hydrogen-bond donors (Lipinski definition) is 2. The van der Waals surface area contributed by atoms with Crippen molar-refractivity contribution in [2.45, 2.75) is 52.5 Å². The van der Waals surface area contributed by atoms with Crippen LogP contribution in [0.5, 0.6) is 0 Å². The van der Waals surface area contributed by atoms with Crippen LogP contribution in [0.2, 0.25) is 0 Å². The van der Waals surface area contributed by atoms with Crippen LogP contribution < -0.4 is 15.5 Å². The van der Waals surface area contributed by atoms with Gasteiger partial charge >= 0.3 is 0 Å². The quantitative estimate of drug-likeness (QED) is 0.470. The molecule has 0 atom stereocenters. The van der Waals surface area contributed by atoms with Crippen LogP contribution >= 0.6 is 11.8 Å². The molecule has 2 aliphatic heterocycles. The van der Waals surface area contributed by atoms with E-state index in [1.165, 1.54) is 30.3 Å². The Labute approximate surface area is 217 Å². The number of nitrogens with zero attached hydrogens (tertiary/aromatic N) is 3. The first-order valence-corrected chi connectivity index (χ1v) is 14.5. The van der Waals surface area contributed by atoms with Crippen molar-refractivity contribution in [3.8, 4) is 0 Å². The van der Waals surface area contributed by atoms with Gasteiger partial charge in [0.2, 0.25) is 5.91 Å². The molecule has 2 N–H and O–H groups in total. The van der Waals surface area contributed by atoms with Crippen molar-refractivity contribution in [2.75, 3.05) is 53.8 Å². The molecule has 2 aromatic rings. The molecule has 1 aliphatic carbocycles. The second-order valence-corrected chi connectivity index (χ2v) is 11.3. The molecule has 1 spiro atoms. The summed E-state index contributed by atoms with van der Waals surface area (Å²) in [6.07, 6.45) is 6.85. The van der Waals surface area contributed by atoms with Gasteiger partial charge in [-0.05, 0) is 55.2 Å². The fraction of sp³-hybridized carbons (Fsp3) is 0.593. The van der Waals surface area contributed by atoms with Gasteiger partial charge < -0.3 is 20.3 Å². The van der Waals surface area contributed by atoms with Crippen LogP contribution in [0.1, 0.15) is 54.7 Å². The lowest BCUT2D eigenvalue weighted by Gasteiger charge is -2.56. The Hall–Kier alpha value is -2.52. The van der Waals surface area contributed by atoms with Gasteiger partial charge in [0.05, 0.1) is 30.1 Å². The minimum Gasteiger partial charge on any atom is -0.380 e. The fourth-order valence-electron chi connectivity index (χ4n) is 5.19. The number of rotatable bonds is 11. The summed E-state index contributed by atoms with van der Waals surface area (Å²) >= 11 is 1.46. The number of thioether (sulfide) groups is 1. The lowest BCUT2D eigenvalue weighted by molar-refractivity contribution is -0.127. The Morgan fingerprint density at radius 3 is 2.56 bits per heavy atom. The maximum Gasteiger partial charge on any atom is 0.261 e. The molecule has 0 radical (unpaired) electrons. The van der Waals surface area contributed by atoms with Gasteiger partial charge in [0.15, 0.2) is 0 Å². The van der Waals surface area contributed by atoms with Gasteiger partial charge in [0.25, 0.3) is 5.91 Å². The first kappa shape index (κ1) is 25.1. The highest BCUT2D eigenvalue weighted by Crippen LogP contribution is 2.41. The number of ether oxygens (including phenoxy) is 1. The summed E-state index contributed by atoms with van der Waals surface area (Å²) in [5, 5.41) is 10.9. The van der Waals surface area contributed by atoms with Gasteiger partial charge in [-0.2, -0.15) is 16.9 Å². The zero-order valence-corrected chi connectivity index (χ0v) is 22.4. The highest BCUT2D eigenvalue weighted by Gasteiger charge is 2.49. The third-order valence-corrected chi connectivity index (χ3v) is 8.07. The van der Waals surface area contributed by atoms with Gasteiger partial charge in [-0.15, -0.1) is 0 Å². The molecule has 194 valence electrons. The van der Waals surface area contributed by atoms with Gasteiger partial charge in [0, 0.05) is 31.0 Å². The van der Waals surface area contributed by atoms with Crippen molar-refractivity contribution in [1.29, 1.82) is 0 Å². The van der Waals surface area contributed by atoms with Crippen LogP contribution in [0.3, 0.4) is 0 Å². The zero-order chi connectivity index (χ0) is 25.3. The summed E-state index contributed by atoms with van der Waals surface area (Å²) in [5.41, 5.74) is 4.64. The number of carbonyl (C=O) groups is 2. The Morgan fingerprint density at radius 2 is 1.94 bits per heavy atom. The molecule has 3 aliphatic rings. The van der Waals surface area contributed by atoms with Crippen LogP contribution in [0.4, 0.5) is 17.2 Å². The highest BCUT2D eigenvalue weighted by atomic mass is 32.2. The van der Waals surface area contributed by atoms with Crippen LogP contribution in [0, 0.1) is 11.3 Å². The van der Waals surface area contributed by atoms with Crippen molar-refractivity contribution >= 4 is 40.8 Å². The van der Waals surface area contributed by atoms with E-state index in [-0.39, 0.29) is 11.8 Å². The normalized spacial score (nSPS) is 18.0. The van der Waals surface area contributed by atoms with E-state index in [0.717, 1.165) is 56.3 Å². The average Bonchev–Trinajstić information content (AvgIpc) is 3.57. The number of hydrogen-bond acceptors (Lipinski definition) is 6. The molecule has 36 heavy (non-hydrogen) atoms. The maximum absolute atomic E-state index is 13.7. The van der Waals surface area contributed by atoms with Crippen LogP contribution in [-0.2, 0) is 28.9 Å². The van der Waals surface area contributed by atoms with Gasteiger partial charge in [-0.3, -0.25) is 9.59 Å². The lowest BCUT2D eigenvalue weighted by Crippen LogP contribution is -2.66. The fourth-order valence-corrected chi connectivity index (χ4v) is 5.53. The van der Waals surface area contributed by atoms with Crippen molar-refractivity contribution in [3.63, 3.8) is 0 Å². The van der Waals surface area contributed by atoms with E-state index < -0.39 is 0 Å². The third kappa shape index (κ3) is 5.13. The number of anilines is 3. The molecule has 3 heterocycles. The molecule has 0 bridgehead atoms. The molecule has 5 rings (SSSR count). The number of aryl methyl sites for hydroxylation is 3. The van der Waals surface area contributed by atoms with Gasteiger partial charge in [-0.25, -0.2) is 4.68 Å². The SMILES string of the molecule is CCc1cc(N2CC3(COC3)C2)ccc1NC(=O)c1c(CC)nn(CCC2CC2)c1NC(=O)CSC. The van der Waals surface area contributed by atoms with E-state index in [4.69, 9.17) is 9.84 Å². The van der Waals surface area contributed by atoms with E-state index in [9.17, 15) is 9.59 Å². The molecule has 0 unspecified atom stereocenters. The summed E-state index contributed by atoms with van der Waals surface area (Å²) < 4.78 is 7.23. The van der Waals surface area contributed by atoms with E-state index in [0.29, 0.717) is 41.2 Å². The minimum atomic E-state index is -0.221. The molecule has 1 saturated carbocycles. The lowest BCUT2D eigenvalue weighted by atomic mass is 9.77. The summed E-state index contributed by atoms with van der Waals surface area (Å²) in [7, 11) is 0. The second kappa shape index (κ2) is 10.5. The first-order chi connectivity index (χ1) is 17.4. The molecule has 9 heteroatoms. The van der Waals surface area contributed by atoms with Gasteiger partial charge in [0.1, 0.15) is 11.4 Å². The maximum atomic E-state index is 13.7. The van der Waals surface area contributed by atoms with Crippen LogP contribution in [-0.4, -0.2) is 59.9 Å². The number of benzene rings is 1. The number of nitrogens with one attached hydrogen (secondary N) is 2. The van der Waals surface area contributed by atoms with E-state index in [1.54, 1.807) is 0 Å². The molecular formula is C27H37N5O3S. The molecule has 8 nitrogen and oxygen atoms in total. The summed E-state index contributed by atoms with van der Waals surface area (Å²) in [4.78, 5) is 28.6. The van der Waals surface area contributed by atoms with Crippen LogP contribution in [0.15, 0.2) is 18.2 Å². The predicted octanol–water partition coefficient (Wildman–Crippen LogP) is 4.20. The molecule has 2 saturated heterocycles. The van der Waals surface area contributed by atoms with E-state index in [1.807, 2.05) is 23.9 Å². The largest absolute Gasteiger partial charge is 0.380 e. The Kier molecular flexibility index (Phi) is 7.30. The molecule has 1 aromatic carbocycles. The van der Waals surface area contributed by atoms with E-state index >= 15 is 0 Å².